The molecule has 0 amide bonds. The van der Waals surface area contributed by atoms with Crippen LogP contribution < -0.4 is 10.1 Å². The highest BCUT2D eigenvalue weighted by Gasteiger charge is 2.09. The van der Waals surface area contributed by atoms with E-state index in [-0.39, 0.29) is 11.9 Å². The normalized spacial score (nSPS) is 12.4. The summed E-state index contributed by atoms with van der Waals surface area (Å²) in [5.41, 5.74) is 0.924. The van der Waals surface area contributed by atoms with Crippen LogP contribution in [0.4, 0.5) is 4.39 Å². The smallest absolute Gasteiger partial charge is 0.165 e. The van der Waals surface area contributed by atoms with Gasteiger partial charge >= 0.3 is 0 Å². The van der Waals surface area contributed by atoms with Crippen LogP contribution in [0.25, 0.3) is 0 Å². The molecule has 0 fully saturated rings. The van der Waals surface area contributed by atoms with Crippen LogP contribution in [0.2, 0.25) is 0 Å². The summed E-state index contributed by atoms with van der Waals surface area (Å²) in [5, 5.41) is 3.32. The molecule has 0 spiro atoms. The van der Waals surface area contributed by atoms with E-state index >= 15 is 0 Å². The van der Waals surface area contributed by atoms with E-state index < -0.39 is 0 Å². The zero-order chi connectivity index (χ0) is 13.4. The molecule has 1 rings (SSSR count). The van der Waals surface area contributed by atoms with Crippen LogP contribution in [-0.2, 0) is 4.74 Å². The quantitative estimate of drug-likeness (QED) is 0.724. The predicted octanol–water partition coefficient (Wildman–Crippen LogP) is 2.91. The first-order valence-corrected chi connectivity index (χ1v) is 6.33. The molecule has 0 unspecified atom stereocenters. The Kier molecular flexibility index (Phi) is 6.68. The molecule has 0 aliphatic carbocycles. The molecule has 1 aromatic carbocycles. The Bertz CT molecular complexity index is 358. The average Bonchev–Trinajstić information content (AvgIpc) is 2.37. The van der Waals surface area contributed by atoms with Crippen molar-refractivity contribution in [1.29, 1.82) is 0 Å². The molecule has 0 bridgehead atoms. The number of halogens is 1. The summed E-state index contributed by atoms with van der Waals surface area (Å²) in [6.07, 6.45) is 0.945. The van der Waals surface area contributed by atoms with Gasteiger partial charge in [-0.05, 0) is 44.5 Å². The summed E-state index contributed by atoms with van der Waals surface area (Å²) in [6.45, 7) is 5.91. The van der Waals surface area contributed by atoms with Crippen molar-refractivity contribution in [2.75, 3.05) is 26.9 Å². The highest BCUT2D eigenvalue weighted by molar-refractivity contribution is 5.30. The minimum Gasteiger partial charge on any atom is -0.491 e. The van der Waals surface area contributed by atoms with E-state index in [0.717, 1.165) is 25.1 Å². The maximum Gasteiger partial charge on any atom is 0.165 e. The molecule has 0 saturated heterocycles. The van der Waals surface area contributed by atoms with Crippen LogP contribution in [0.3, 0.4) is 0 Å². The highest BCUT2D eigenvalue weighted by Crippen LogP contribution is 2.21. The van der Waals surface area contributed by atoms with Crippen molar-refractivity contribution in [3.05, 3.63) is 29.6 Å². The zero-order valence-electron chi connectivity index (χ0n) is 11.3. The van der Waals surface area contributed by atoms with E-state index in [2.05, 4.69) is 5.32 Å². The van der Waals surface area contributed by atoms with Gasteiger partial charge in [0.05, 0.1) is 6.61 Å². The molecule has 4 heteroatoms. The van der Waals surface area contributed by atoms with Gasteiger partial charge in [-0.15, -0.1) is 0 Å². The fourth-order valence-electron chi connectivity index (χ4n) is 1.71. The van der Waals surface area contributed by atoms with E-state index in [1.807, 2.05) is 19.9 Å². The van der Waals surface area contributed by atoms with Gasteiger partial charge in [-0.2, -0.15) is 0 Å². The molecule has 18 heavy (non-hydrogen) atoms. The Morgan fingerprint density at radius 3 is 2.78 bits per heavy atom. The van der Waals surface area contributed by atoms with Crippen LogP contribution in [0.15, 0.2) is 18.2 Å². The van der Waals surface area contributed by atoms with Crippen LogP contribution in [0, 0.1) is 5.82 Å². The fourth-order valence-corrected chi connectivity index (χ4v) is 1.71. The Labute approximate surface area is 108 Å². The molecule has 0 aromatic heterocycles. The predicted molar refractivity (Wildman–Crippen MR) is 70.5 cm³/mol. The van der Waals surface area contributed by atoms with E-state index in [9.17, 15) is 4.39 Å². The van der Waals surface area contributed by atoms with Crippen molar-refractivity contribution >= 4 is 0 Å². The Hall–Kier alpha value is -1.13. The number of methoxy groups -OCH3 is 1. The largest absolute Gasteiger partial charge is 0.491 e. The molecule has 0 aliphatic heterocycles. The van der Waals surface area contributed by atoms with Crippen molar-refractivity contribution < 1.29 is 13.9 Å². The first kappa shape index (κ1) is 14.9. The van der Waals surface area contributed by atoms with Gasteiger partial charge in [-0.25, -0.2) is 4.39 Å². The minimum absolute atomic E-state index is 0.118. The van der Waals surface area contributed by atoms with E-state index in [1.54, 1.807) is 13.2 Å². The number of nitrogens with one attached hydrogen (secondary N) is 1. The Balaban J connectivity index is 2.52. The fraction of sp³-hybridized carbons (Fsp3) is 0.571. The summed E-state index contributed by atoms with van der Waals surface area (Å²) in [7, 11) is 1.69. The van der Waals surface area contributed by atoms with Crippen molar-refractivity contribution in [2.24, 2.45) is 0 Å². The van der Waals surface area contributed by atoms with Crippen LogP contribution in [0.5, 0.6) is 5.75 Å². The third kappa shape index (κ3) is 4.63. The molecule has 0 saturated carbocycles. The van der Waals surface area contributed by atoms with Gasteiger partial charge in [0, 0.05) is 19.8 Å². The zero-order valence-corrected chi connectivity index (χ0v) is 11.3. The van der Waals surface area contributed by atoms with Gasteiger partial charge in [0.1, 0.15) is 0 Å². The number of hydrogen-bond acceptors (Lipinski definition) is 3. The van der Waals surface area contributed by atoms with Crippen molar-refractivity contribution in [1.82, 2.24) is 5.32 Å². The maximum absolute atomic E-state index is 13.7. The van der Waals surface area contributed by atoms with Crippen molar-refractivity contribution in [2.45, 2.75) is 26.3 Å². The lowest BCUT2D eigenvalue weighted by Crippen LogP contribution is -2.21. The SMILES string of the molecule is CCOc1ccc([C@H](C)NCCCOC)cc1F. The summed E-state index contributed by atoms with van der Waals surface area (Å²) in [4.78, 5) is 0. The lowest BCUT2D eigenvalue weighted by Gasteiger charge is -2.15. The number of ether oxygens (including phenoxy) is 2. The third-order valence-electron chi connectivity index (χ3n) is 2.73. The van der Waals surface area contributed by atoms with Crippen molar-refractivity contribution in [3.63, 3.8) is 0 Å². The van der Waals surface area contributed by atoms with Gasteiger partial charge in [0.25, 0.3) is 0 Å². The number of benzene rings is 1. The number of rotatable bonds is 8. The first-order valence-electron chi connectivity index (χ1n) is 6.33. The summed E-state index contributed by atoms with van der Waals surface area (Å²) in [6, 6.07) is 5.22. The van der Waals surface area contributed by atoms with Gasteiger partial charge < -0.3 is 14.8 Å². The topological polar surface area (TPSA) is 30.5 Å². The van der Waals surface area contributed by atoms with Gasteiger partial charge in [-0.3, -0.25) is 0 Å². The molecule has 3 nitrogen and oxygen atoms in total. The molecule has 1 N–H and O–H groups in total. The van der Waals surface area contributed by atoms with Gasteiger partial charge in [0.2, 0.25) is 0 Å². The summed E-state index contributed by atoms with van der Waals surface area (Å²) < 4.78 is 23.8. The average molecular weight is 255 g/mol. The summed E-state index contributed by atoms with van der Waals surface area (Å²) >= 11 is 0. The molecule has 1 atom stereocenters. The monoisotopic (exact) mass is 255 g/mol. The lowest BCUT2D eigenvalue weighted by atomic mass is 10.1. The molecular weight excluding hydrogens is 233 g/mol. The molecule has 102 valence electrons. The van der Waals surface area contributed by atoms with Crippen LogP contribution in [-0.4, -0.2) is 26.9 Å². The molecular formula is C14H22FNO2. The second-order valence-electron chi connectivity index (χ2n) is 4.15. The van der Waals surface area contributed by atoms with E-state index in [4.69, 9.17) is 9.47 Å². The lowest BCUT2D eigenvalue weighted by molar-refractivity contribution is 0.193. The molecule has 0 heterocycles. The second kappa shape index (κ2) is 8.06. The van der Waals surface area contributed by atoms with E-state index in [0.29, 0.717) is 12.4 Å². The molecule has 1 aromatic rings. The van der Waals surface area contributed by atoms with Gasteiger partial charge in [0.15, 0.2) is 11.6 Å². The summed E-state index contributed by atoms with van der Waals surface area (Å²) in [5.74, 6) is 0.00715. The van der Waals surface area contributed by atoms with Gasteiger partial charge in [-0.1, -0.05) is 6.07 Å². The highest BCUT2D eigenvalue weighted by atomic mass is 19.1. The molecule has 0 aliphatic rings. The Morgan fingerprint density at radius 1 is 1.39 bits per heavy atom. The Morgan fingerprint density at radius 2 is 2.17 bits per heavy atom. The van der Waals surface area contributed by atoms with E-state index in [1.165, 1.54) is 6.07 Å². The minimum atomic E-state index is -0.306. The third-order valence-corrected chi connectivity index (χ3v) is 2.73. The second-order valence-corrected chi connectivity index (χ2v) is 4.15. The van der Waals surface area contributed by atoms with Crippen molar-refractivity contribution in [3.8, 4) is 5.75 Å². The standard InChI is InChI=1S/C14H22FNO2/c1-4-18-14-7-6-12(10-13(14)15)11(2)16-8-5-9-17-3/h6-7,10-11,16H,4-5,8-9H2,1-3H3/t11-/m0/s1. The maximum atomic E-state index is 13.7. The molecule has 0 radical (unpaired) electrons. The van der Waals surface area contributed by atoms with Crippen LogP contribution >= 0.6 is 0 Å². The first-order chi connectivity index (χ1) is 8.69. The number of hydrogen-bond donors (Lipinski definition) is 1. The van der Waals surface area contributed by atoms with Crippen LogP contribution in [0.1, 0.15) is 31.9 Å².